The summed E-state index contributed by atoms with van der Waals surface area (Å²) in [4.78, 5) is 4.48. The highest BCUT2D eigenvalue weighted by Gasteiger charge is 2.28. The minimum atomic E-state index is -3.77. The van der Waals surface area contributed by atoms with Crippen molar-refractivity contribution in [1.29, 1.82) is 0 Å². The van der Waals surface area contributed by atoms with Crippen LogP contribution in [-0.2, 0) is 35.8 Å². The zero-order valence-electron chi connectivity index (χ0n) is 13.2. The van der Waals surface area contributed by atoms with Crippen LogP contribution in [0.2, 0.25) is 0 Å². The zero-order valence-corrected chi connectivity index (χ0v) is 14.0. The number of sulfone groups is 1. The molecule has 1 aromatic carbocycles. The van der Waals surface area contributed by atoms with Gasteiger partial charge in [0.15, 0.2) is 0 Å². The molecule has 0 aliphatic heterocycles. The second kappa shape index (κ2) is 6.58. The lowest BCUT2D eigenvalue weighted by atomic mass is 10.1. The first-order valence-electron chi connectivity index (χ1n) is 7.49. The third kappa shape index (κ3) is 2.78. The third-order valence-corrected chi connectivity index (χ3v) is 5.35. The van der Waals surface area contributed by atoms with Gasteiger partial charge in [-0.15, -0.1) is 5.10 Å². The van der Waals surface area contributed by atoms with E-state index in [0.717, 1.165) is 5.56 Å². The number of rotatable bonds is 6. The molecule has 22 heavy (non-hydrogen) atoms. The zero-order chi connectivity index (χ0) is 16.3. The molecule has 0 radical (unpaired) electrons. The quantitative estimate of drug-likeness (QED) is 0.874. The minimum absolute atomic E-state index is 0.137. The fourth-order valence-electron chi connectivity index (χ4n) is 2.49. The fourth-order valence-corrected chi connectivity index (χ4v) is 4.16. The number of nitrogens with two attached hydrogens (primary N) is 1. The Morgan fingerprint density at radius 2 is 1.82 bits per heavy atom. The van der Waals surface area contributed by atoms with Gasteiger partial charge in [-0.25, -0.2) is 18.1 Å². The number of aryl methyl sites for hydroxylation is 3. The third-order valence-electron chi connectivity index (χ3n) is 3.63. The van der Waals surface area contributed by atoms with E-state index >= 15 is 0 Å². The normalized spacial score (nSPS) is 11.8. The van der Waals surface area contributed by atoms with Crippen molar-refractivity contribution >= 4 is 9.84 Å². The lowest BCUT2D eigenvalue weighted by Crippen LogP contribution is -2.13. The van der Waals surface area contributed by atoms with Crippen molar-refractivity contribution in [3.63, 3.8) is 0 Å². The Balaban J connectivity index is 2.68. The van der Waals surface area contributed by atoms with Crippen molar-refractivity contribution < 1.29 is 8.42 Å². The Morgan fingerprint density at radius 3 is 2.32 bits per heavy atom. The van der Waals surface area contributed by atoms with Crippen molar-refractivity contribution in [2.75, 3.05) is 0 Å². The topological polar surface area (TPSA) is 90.9 Å². The van der Waals surface area contributed by atoms with Gasteiger partial charge in [0, 0.05) is 19.5 Å². The first-order chi connectivity index (χ1) is 10.5. The highest BCUT2D eigenvalue weighted by atomic mass is 32.2. The highest BCUT2D eigenvalue weighted by molar-refractivity contribution is 7.91. The van der Waals surface area contributed by atoms with Crippen LogP contribution in [0.4, 0.5) is 0 Å². The van der Waals surface area contributed by atoms with Gasteiger partial charge in [-0.1, -0.05) is 32.0 Å². The summed E-state index contributed by atoms with van der Waals surface area (Å²) in [6.07, 6.45) is 1.24. The molecule has 2 N–H and O–H groups in total. The van der Waals surface area contributed by atoms with Gasteiger partial charge >= 0.3 is 0 Å². The van der Waals surface area contributed by atoms with Crippen molar-refractivity contribution in [1.82, 2.24) is 14.8 Å². The van der Waals surface area contributed by atoms with Crippen LogP contribution in [0.3, 0.4) is 0 Å². The molecular formula is C15H22N4O2S. The Hall–Kier alpha value is -1.73. The molecule has 7 heteroatoms. The van der Waals surface area contributed by atoms with Gasteiger partial charge in [-0.05, 0) is 24.5 Å². The molecule has 1 aromatic heterocycles. The molecule has 0 spiro atoms. The molecule has 0 saturated carbocycles. The van der Waals surface area contributed by atoms with Crippen LogP contribution in [0.5, 0.6) is 0 Å². The van der Waals surface area contributed by atoms with Crippen LogP contribution in [0.25, 0.3) is 0 Å². The van der Waals surface area contributed by atoms with Crippen molar-refractivity contribution in [3.8, 4) is 0 Å². The monoisotopic (exact) mass is 322 g/mol. The van der Waals surface area contributed by atoms with E-state index < -0.39 is 9.84 Å². The van der Waals surface area contributed by atoms with E-state index in [2.05, 4.69) is 10.1 Å². The second-order valence-electron chi connectivity index (χ2n) is 4.95. The summed E-state index contributed by atoms with van der Waals surface area (Å²) < 4.78 is 27.6. The van der Waals surface area contributed by atoms with Gasteiger partial charge in [0.2, 0.25) is 9.84 Å². The van der Waals surface area contributed by atoms with Crippen LogP contribution in [0.1, 0.15) is 37.7 Å². The summed E-state index contributed by atoms with van der Waals surface area (Å²) >= 11 is 0. The standard InChI is InChI=1S/C15H22N4O2S/c1-4-11-8-7-9-12(10-16)14(11)22(20,21)15-17-13(5-2)19(6-3)18-15/h7-9H,4-6,10,16H2,1-3H3. The van der Waals surface area contributed by atoms with Gasteiger partial charge in [-0.2, -0.15) is 0 Å². The number of nitrogens with zero attached hydrogens (tertiary/aromatic N) is 3. The van der Waals surface area contributed by atoms with E-state index in [1.165, 1.54) is 0 Å². The molecule has 0 aliphatic carbocycles. The van der Waals surface area contributed by atoms with Crippen molar-refractivity contribution in [2.24, 2.45) is 5.73 Å². The number of hydrogen-bond acceptors (Lipinski definition) is 5. The Kier molecular flexibility index (Phi) is 4.97. The Labute approximate surface area is 131 Å². The first-order valence-corrected chi connectivity index (χ1v) is 8.97. The summed E-state index contributed by atoms with van der Waals surface area (Å²) in [6, 6.07) is 5.38. The van der Waals surface area contributed by atoms with Gasteiger partial charge in [0.25, 0.3) is 5.16 Å². The summed E-state index contributed by atoms with van der Waals surface area (Å²) in [6.45, 7) is 6.51. The number of hydrogen-bond donors (Lipinski definition) is 1. The number of aromatic nitrogens is 3. The van der Waals surface area contributed by atoms with E-state index in [-0.39, 0.29) is 16.6 Å². The molecule has 1 heterocycles. The van der Waals surface area contributed by atoms with Crippen molar-refractivity contribution in [3.05, 3.63) is 35.2 Å². The van der Waals surface area contributed by atoms with E-state index in [9.17, 15) is 8.42 Å². The molecule has 6 nitrogen and oxygen atoms in total. The lowest BCUT2D eigenvalue weighted by molar-refractivity contribution is 0.573. The van der Waals surface area contributed by atoms with E-state index in [1.54, 1.807) is 10.7 Å². The average Bonchev–Trinajstić information content (AvgIpc) is 2.98. The van der Waals surface area contributed by atoms with E-state index in [4.69, 9.17) is 5.73 Å². The molecule has 0 saturated heterocycles. The van der Waals surface area contributed by atoms with Crippen LogP contribution in [-0.4, -0.2) is 23.2 Å². The average molecular weight is 322 g/mol. The van der Waals surface area contributed by atoms with Gasteiger partial charge in [0.05, 0.1) is 4.90 Å². The van der Waals surface area contributed by atoms with Gasteiger partial charge in [-0.3, -0.25) is 0 Å². The van der Waals surface area contributed by atoms with Gasteiger partial charge in [0.1, 0.15) is 5.82 Å². The fraction of sp³-hybridized carbons (Fsp3) is 0.467. The molecule has 0 amide bonds. The summed E-state index contributed by atoms with van der Waals surface area (Å²) in [7, 11) is -3.77. The molecule has 0 fully saturated rings. The predicted molar refractivity (Wildman–Crippen MR) is 84.2 cm³/mol. The maximum absolute atomic E-state index is 13.0. The number of benzene rings is 1. The molecule has 0 aliphatic rings. The van der Waals surface area contributed by atoms with Crippen LogP contribution < -0.4 is 5.73 Å². The molecule has 0 bridgehead atoms. The molecule has 120 valence electrons. The summed E-state index contributed by atoms with van der Waals surface area (Å²) in [5.74, 6) is 0.671. The van der Waals surface area contributed by atoms with Crippen LogP contribution in [0, 0.1) is 0 Å². The molecular weight excluding hydrogens is 300 g/mol. The SMILES string of the molecule is CCc1cccc(CN)c1S(=O)(=O)c1nc(CC)n(CC)n1. The molecule has 2 aromatic rings. The Bertz CT molecular complexity index is 722. The maximum Gasteiger partial charge on any atom is 0.271 e. The largest absolute Gasteiger partial charge is 0.326 e. The Morgan fingerprint density at radius 1 is 1.14 bits per heavy atom. The van der Waals surface area contributed by atoms with Crippen LogP contribution in [0.15, 0.2) is 28.3 Å². The predicted octanol–water partition coefficient (Wildman–Crippen LogP) is 1.71. The molecule has 0 atom stereocenters. The highest BCUT2D eigenvalue weighted by Crippen LogP contribution is 2.26. The second-order valence-corrected chi connectivity index (χ2v) is 6.73. The van der Waals surface area contributed by atoms with E-state index in [0.29, 0.717) is 30.8 Å². The van der Waals surface area contributed by atoms with E-state index in [1.807, 2.05) is 32.9 Å². The molecule has 0 unspecified atom stereocenters. The van der Waals surface area contributed by atoms with Crippen molar-refractivity contribution in [2.45, 2.75) is 56.8 Å². The first kappa shape index (κ1) is 16.6. The lowest BCUT2D eigenvalue weighted by Gasteiger charge is -2.11. The summed E-state index contributed by atoms with van der Waals surface area (Å²) in [5.41, 5.74) is 7.07. The molecule has 2 rings (SSSR count). The van der Waals surface area contributed by atoms with Crippen LogP contribution >= 0.6 is 0 Å². The maximum atomic E-state index is 13.0. The minimum Gasteiger partial charge on any atom is -0.326 e. The summed E-state index contributed by atoms with van der Waals surface area (Å²) in [5, 5.41) is 4.04. The smallest absolute Gasteiger partial charge is 0.271 e. The van der Waals surface area contributed by atoms with Gasteiger partial charge < -0.3 is 5.73 Å².